The second-order valence-corrected chi connectivity index (χ2v) is 5.86. The second-order valence-electron chi connectivity index (χ2n) is 5.86. The number of carbonyl (C=O) groups is 1. The van der Waals surface area contributed by atoms with E-state index in [0.29, 0.717) is 24.6 Å². The van der Waals surface area contributed by atoms with Gasteiger partial charge in [0.05, 0.1) is 6.04 Å². The summed E-state index contributed by atoms with van der Waals surface area (Å²) in [6, 6.07) is 1.87. The standard InChI is InChI=1S/C16H23N3O3/c1-9(2)16-18-15(22-19-16)7-6-14(20)17-11(4)13-8-10(3)21-12(13)5/h8-9,11H,6-7H2,1-5H3,(H,17,20). The van der Waals surface area contributed by atoms with Gasteiger partial charge in [-0.15, -0.1) is 0 Å². The molecule has 6 heteroatoms. The van der Waals surface area contributed by atoms with Gasteiger partial charge in [0.1, 0.15) is 11.5 Å². The number of hydrogen-bond donors (Lipinski definition) is 1. The monoisotopic (exact) mass is 305 g/mol. The smallest absolute Gasteiger partial charge is 0.227 e. The molecule has 0 aromatic carbocycles. The van der Waals surface area contributed by atoms with E-state index in [0.717, 1.165) is 17.1 Å². The maximum Gasteiger partial charge on any atom is 0.227 e. The Kier molecular flexibility index (Phi) is 5.00. The van der Waals surface area contributed by atoms with Crippen LogP contribution in [0.3, 0.4) is 0 Å². The fourth-order valence-corrected chi connectivity index (χ4v) is 2.30. The van der Waals surface area contributed by atoms with Crippen molar-refractivity contribution in [3.63, 3.8) is 0 Å². The highest BCUT2D eigenvalue weighted by Gasteiger charge is 2.16. The molecular formula is C16H23N3O3. The molecule has 0 spiro atoms. The summed E-state index contributed by atoms with van der Waals surface area (Å²) in [6.07, 6.45) is 0.765. The summed E-state index contributed by atoms with van der Waals surface area (Å²) >= 11 is 0. The van der Waals surface area contributed by atoms with Crippen molar-refractivity contribution in [2.75, 3.05) is 0 Å². The highest BCUT2D eigenvalue weighted by molar-refractivity contribution is 5.76. The lowest BCUT2D eigenvalue weighted by Crippen LogP contribution is -2.27. The number of rotatable bonds is 6. The topological polar surface area (TPSA) is 81.2 Å². The minimum atomic E-state index is -0.0844. The molecule has 1 N–H and O–H groups in total. The van der Waals surface area contributed by atoms with Crippen molar-refractivity contribution in [2.45, 2.75) is 59.4 Å². The third-order valence-corrected chi connectivity index (χ3v) is 3.49. The quantitative estimate of drug-likeness (QED) is 0.886. The fourth-order valence-electron chi connectivity index (χ4n) is 2.30. The van der Waals surface area contributed by atoms with Crippen LogP contribution in [-0.4, -0.2) is 16.0 Å². The first-order valence-electron chi connectivity index (χ1n) is 7.55. The minimum absolute atomic E-state index is 0.0462. The zero-order valence-electron chi connectivity index (χ0n) is 13.8. The lowest BCUT2D eigenvalue weighted by Gasteiger charge is -2.12. The van der Waals surface area contributed by atoms with Crippen molar-refractivity contribution in [1.82, 2.24) is 15.5 Å². The van der Waals surface area contributed by atoms with Crippen molar-refractivity contribution < 1.29 is 13.7 Å². The molecule has 6 nitrogen and oxygen atoms in total. The summed E-state index contributed by atoms with van der Waals surface area (Å²) in [7, 11) is 0. The summed E-state index contributed by atoms with van der Waals surface area (Å²) in [6.45, 7) is 9.74. The van der Waals surface area contributed by atoms with Crippen LogP contribution in [0.25, 0.3) is 0 Å². The average molecular weight is 305 g/mol. The second kappa shape index (κ2) is 6.77. The Labute approximate surface area is 130 Å². The highest BCUT2D eigenvalue weighted by Crippen LogP contribution is 2.21. The van der Waals surface area contributed by atoms with Crippen LogP contribution in [0.2, 0.25) is 0 Å². The molecule has 0 saturated heterocycles. The van der Waals surface area contributed by atoms with E-state index in [2.05, 4.69) is 15.5 Å². The molecule has 0 radical (unpaired) electrons. The Morgan fingerprint density at radius 1 is 1.32 bits per heavy atom. The Balaban J connectivity index is 1.86. The first kappa shape index (κ1) is 16.3. The van der Waals surface area contributed by atoms with Gasteiger partial charge in [0.25, 0.3) is 0 Å². The van der Waals surface area contributed by atoms with Gasteiger partial charge < -0.3 is 14.3 Å². The van der Waals surface area contributed by atoms with Gasteiger partial charge in [0, 0.05) is 24.3 Å². The maximum absolute atomic E-state index is 12.0. The molecule has 1 amide bonds. The van der Waals surface area contributed by atoms with E-state index in [9.17, 15) is 4.79 Å². The average Bonchev–Trinajstić information content (AvgIpc) is 3.03. The van der Waals surface area contributed by atoms with Crippen LogP contribution in [0.4, 0.5) is 0 Å². The number of hydrogen-bond acceptors (Lipinski definition) is 5. The van der Waals surface area contributed by atoms with Gasteiger partial charge in [0.15, 0.2) is 5.82 Å². The summed E-state index contributed by atoms with van der Waals surface area (Å²) in [4.78, 5) is 16.3. The Bertz CT molecular complexity index is 643. The predicted molar refractivity (Wildman–Crippen MR) is 81.4 cm³/mol. The van der Waals surface area contributed by atoms with E-state index in [1.54, 1.807) is 0 Å². The van der Waals surface area contributed by atoms with Crippen LogP contribution in [0.15, 0.2) is 15.0 Å². The molecular weight excluding hydrogens is 282 g/mol. The van der Waals surface area contributed by atoms with E-state index >= 15 is 0 Å². The molecule has 2 aromatic heterocycles. The Morgan fingerprint density at radius 2 is 2.05 bits per heavy atom. The van der Waals surface area contributed by atoms with Gasteiger partial charge in [-0.25, -0.2) is 0 Å². The van der Waals surface area contributed by atoms with Gasteiger partial charge in [-0.2, -0.15) is 4.98 Å². The van der Waals surface area contributed by atoms with Gasteiger partial charge in [-0.3, -0.25) is 4.79 Å². The number of aromatic nitrogens is 2. The molecule has 2 heterocycles. The van der Waals surface area contributed by atoms with Crippen molar-refractivity contribution in [1.29, 1.82) is 0 Å². The highest BCUT2D eigenvalue weighted by atomic mass is 16.5. The van der Waals surface area contributed by atoms with Crippen molar-refractivity contribution in [2.24, 2.45) is 0 Å². The number of carbonyl (C=O) groups excluding carboxylic acids is 1. The lowest BCUT2D eigenvalue weighted by molar-refractivity contribution is -0.121. The number of nitrogens with zero attached hydrogens (tertiary/aromatic N) is 2. The van der Waals surface area contributed by atoms with E-state index in [1.807, 2.05) is 40.7 Å². The molecule has 1 atom stereocenters. The van der Waals surface area contributed by atoms with E-state index in [4.69, 9.17) is 8.94 Å². The zero-order valence-corrected chi connectivity index (χ0v) is 13.8. The van der Waals surface area contributed by atoms with Crippen LogP contribution in [0.5, 0.6) is 0 Å². The van der Waals surface area contributed by atoms with E-state index in [-0.39, 0.29) is 17.9 Å². The Morgan fingerprint density at radius 3 is 2.59 bits per heavy atom. The number of aryl methyl sites for hydroxylation is 3. The molecule has 0 bridgehead atoms. The number of amides is 1. The van der Waals surface area contributed by atoms with Crippen molar-refractivity contribution >= 4 is 5.91 Å². The fraction of sp³-hybridized carbons (Fsp3) is 0.562. The molecule has 120 valence electrons. The molecule has 0 aliphatic carbocycles. The van der Waals surface area contributed by atoms with Gasteiger partial charge >= 0.3 is 0 Å². The largest absolute Gasteiger partial charge is 0.466 e. The number of nitrogens with one attached hydrogen (secondary N) is 1. The van der Waals surface area contributed by atoms with Crippen molar-refractivity contribution in [3.05, 3.63) is 34.9 Å². The minimum Gasteiger partial charge on any atom is -0.466 e. The summed E-state index contributed by atoms with van der Waals surface area (Å²) < 4.78 is 10.6. The predicted octanol–water partition coefficient (Wildman–Crippen LogP) is 3.21. The summed E-state index contributed by atoms with van der Waals surface area (Å²) in [5, 5.41) is 6.85. The van der Waals surface area contributed by atoms with Gasteiger partial charge in [0.2, 0.25) is 11.8 Å². The van der Waals surface area contributed by atoms with Crippen LogP contribution in [0.1, 0.15) is 68.0 Å². The number of furan rings is 1. The van der Waals surface area contributed by atoms with E-state index in [1.165, 1.54) is 0 Å². The summed E-state index contributed by atoms with van der Waals surface area (Å²) in [5.74, 6) is 3.04. The molecule has 0 aliphatic heterocycles. The summed E-state index contributed by atoms with van der Waals surface area (Å²) in [5.41, 5.74) is 1.01. The zero-order chi connectivity index (χ0) is 16.3. The molecule has 0 saturated carbocycles. The Hall–Kier alpha value is -2.11. The molecule has 1 unspecified atom stereocenters. The molecule has 0 aliphatic rings. The molecule has 0 fully saturated rings. The lowest BCUT2D eigenvalue weighted by atomic mass is 10.1. The third kappa shape index (κ3) is 3.96. The molecule has 2 aromatic rings. The normalized spacial score (nSPS) is 12.6. The SMILES string of the molecule is Cc1cc(C(C)NC(=O)CCc2nc(C(C)C)no2)c(C)o1. The van der Waals surface area contributed by atoms with Crippen LogP contribution >= 0.6 is 0 Å². The molecule has 2 rings (SSSR count). The first-order valence-corrected chi connectivity index (χ1v) is 7.55. The van der Waals surface area contributed by atoms with Crippen LogP contribution < -0.4 is 5.32 Å². The van der Waals surface area contributed by atoms with E-state index < -0.39 is 0 Å². The first-order chi connectivity index (χ1) is 10.4. The van der Waals surface area contributed by atoms with Crippen molar-refractivity contribution in [3.8, 4) is 0 Å². The van der Waals surface area contributed by atoms with Gasteiger partial charge in [-0.1, -0.05) is 19.0 Å². The van der Waals surface area contributed by atoms with Gasteiger partial charge in [-0.05, 0) is 26.8 Å². The maximum atomic E-state index is 12.0. The molecule has 22 heavy (non-hydrogen) atoms. The van der Waals surface area contributed by atoms with Crippen LogP contribution in [0, 0.1) is 13.8 Å². The van der Waals surface area contributed by atoms with Crippen LogP contribution in [-0.2, 0) is 11.2 Å². The third-order valence-electron chi connectivity index (χ3n) is 3.49.